The van der Waals surface area contributed by atoms with Crippen LogP contribution in [0.25, 0.3) is 0 Å². The van der Waals surface area contributed by atoms with Gasteiger partial charge in [0, 0.05) is 11.7 Å². The van der Waals surface area contributed by atoms with E-state index in [1.165, 1.54) is 22.9 Å². The molecule has 1 aromatic heterocycles. The zero-order valence-electron chi connectivity index (χ0n) is 9.90. The predicted molar refractivity (Wildman–Crippen MR) is 71.3 cm³/mol. The highest BCUT2D eigenvalue weighted by Gasteiger charge is 2.23. The van der Waals surface area contributed by atoms with Gasteiger partial charge in [0.25, 0.3) is 0 Å². The first kappa shape index (κ1) is 12.3. The monoisotopic (exact) mass is 257 g/mol. The van der Waals surface area contributed by atoms with Gasteiger partial charge in [-0.05, 0) is 25.1 Å². The molecule has 0 aromatic carbocycles. The fourth-order valence-corrected chi connectivity index (χ4v) is 4.40. The second-order valence-electron chi connectivity index (χ2n) is 4.06. The molecule has 0 amide bonds. The summed E-state index contributed by atoms with van der Waals surface area (Å²) in [5.74, 6) is 3.17. The predicted octanol–water partition coefficient (Wildman–Crippen LogP) is 2.82. The van der Waals surface area contributed by atoms with Gasteiger partial charge in [-0.25, -0.2) is 0 Å². The molecule has 0 radical (unpaired) electrons. The molecule has 1 aliphatic heterocycles. The normalized spacial score (nSPS) is 22.5. The van der Waals surface area contributed by atoms with Gasteiger partial charge in [0.1, 0.15) is 10.0 Å². The van der Waals surface area contributed by atoms with E-state index in [4.69, 9.17) is 0 Å². The molecular formula is C11H19N3S2. The second-order valence-corrected chi connectivity index (χ2v) is 6.25. The van der Waals surface area contributed by atoms with E-state index in [1.54, 1.807) is 11.3 Å². The summed E-state index contributed by atoms with van der Waals surface area (Å²) in [5.41, 5.74) is 0. The first-order chi connectivity index (χ1) is 7.85. The molecule has 16 heavy (non-hydrogen) atoms. The Morgan fingerprint density at radius 2 is 2.31 bits per heavy atom. The molecular weight excluding hydrogens is 238 g/mol. The van der Waals surface area contributed by atoms with Crippen molar-refractivity contribution in [2.45, 2.75) is 38.6 Å². The lowest BCUT2D eigenvalue weighted by Gasteiger charge is -2.11. The number of hydrogen-bond acceptors (Lipinski definition) is 5. The van der Waals surface area contributed by atoms with Crippen molar-refractivity contribution >= 4 is 23.1 Å². The average molecular weight is 257 g/mol. The highest BCUT2D eigenvalue weighted by atomic mass is 32.2. The maximum Gasteiger partial charge on any atom is 0.134 e. The van der Waals surface area contributed by atoms with E-state index < -0.39 is 0 Å². The van der Waals surface area contributed by atoms with E-state index in [0.29, 0.717) is 12.0 Å². The summed E-state index contributed by atoms with van der Waals surface area (Å²) in [6.45, 7) is 5.32. The van der Waals surface area contributed by atoms with Crippen molar-refractivity contribution in [2.24, 2.45) is 0 Å². The fraction of sp³-hybridized carbons (Fsp3) is 0.818. The maximum absolute atomic E-state index is 4.36. The molecule has 1 fully saturated rings. The Morgan fingerprint density at radius 3 is 2.94 bits per heavy atom. The summed E-state index contributed by atoms with van der Waals surface area (Å²) >= 11 is 3.84. The van der Waals surface area contributed by atoms with E-state index in [9.17, 15) is 0 Å². The zero-order chi connectivity index (χ0) is 11.4. The molecule has 2 rings (SSSR count). The SMILES string of the molecule is CCNC(CC)c1nnc(C2CCSC2)s1. The molecule has 0 spiro atoms. The van der Waals surface area contributed by atoms with Crippen LogP contribution in [0.1, 0.15) is 48.7 Å². The van der Waals surface area contributed by atoms with Crippen molar-refractivity contribution in [3.63, 3.8) is 0 Å². The standard InChI is InChI=1S/C11H19N3S2/c1-3-9(12-4-2)11-14-13-10(16-11)8-5-6-15-7-8/h8-9,12H,3-7H2,1-2H3. The Labute approximate surface area is 105 Å². The number of hydrogen-bond donors (Lipinski definition) is 1. The molecule has 90 valence electrons. The molecule has 1 aromatic rings. The number of nitrogens with zero attached hydrogens (tertiary/aromatic N) is 2. The molecule has 5 heteroatoms. The highest BCUT2D eigenvalue weighted by molar-refractivity contribution is 7.99. The number of thioether (sulfide) groups is 1. The lowest BCUT2D eigenvalue weighted by molar-refractivity contribution is 0.530. The third-order valence-corrected chi connectivity index (χ3v) is 5.25. The van der Waals surface area contributed by atoms with Crippen LogP contribution in [0, 0.1) is 0 Å². The number of aromatic nitrogens is 2. The minimum absolute atomic E-state index is 0.394. The van der Waals surface area contributed by atoms with Gasteiger partial charge in [0.15, 0.2) is 0 Å². The Bertz CT molecular complexity index is 321. The molecule has 0 saturated carbocycles. The minimum atomic E-state index is 0.394. The van der Waals surface area contributed by atoms with Crippen LogP contribution >= 0.6 is 23.1 Å². The van der Waals surface area contributed by atoms with E-state index in [1.807, 2.05) is 11.8 Å². The molecule has 3 nitrogen and oxygen atoms in total. The summed E-state index contributed by atoms with van der Waals surface area (Å²) in [5, 5.41) is 14.6. The lowest BCUT2D eigenvalue weighted by atomic mass is 10.1. The Hall–Kier alpha value is -0.130. The van der Waals surface area contributed by atoms with Gasteiger partial charge in [0.05, 0.1) is 6.04 Å². The summed E-state index contributed by atoms with van der Waals surface area (Å²) < 4.78 is 0. The number of rotatable bonds is 5. The average Bonchev–Trinajstić information content (AvgIpc) is 2.95. The van der Waals surface area contributed by atoms with Crippen LogP contribution < -0.4 is 5.32 Å². The second kappa shape index (κ2) is 5.98. The third-order valence-electron chi connectivity index (χ3n) is 2.89. The molecule has 2 atom stereocenters. The lowest BCUT2D eigenvalue weighted by Crippen LogP contribution is -2.19. The molecule has 2 unspecified atom stereocenters. The van der Waals surface area contributed by atoms with Crippen LogP contribution in [0.3, 0.4) is 0 Å². The summed E-state index contributed by atoms with van der Waals surface area (Å²) in [7, 11) is 0. The van der Waals surface area contributed by atoms with E-state index in [2.05, 4.69) is 29.4 Å². The van der Waals surface area contributed by atoms with Crippen molar-refractivity contribution < 1.29 is 0 Å². The summed E-state index contributed by atoms with van der Waals surface area (Å²) in [6.07, 6.45) is 2.36. The van der Waals surface area contributed by atoms with Crippen LogP contribution in [0.15, 0.2) is 0 Å². The van der Waals surface area contributed by atoms with E-state index in [0.717, 1.165) is 18.0 Å². The van der Waals surface area contributed by atoms with Crippen molar-refractivity contribution in [1.29, 1.82) is 0 Å². The van der Waals surface area contributed by atoms with Crippen molar-refractivity contribution in [3.05, 3.63) is 10.0 Å². The van der Waals surface area contributed by atoms with Gasteiger partial charge in [-0.1, -0.05) is 25.2 Å². The molecule has 1 aliphatic rings. The Balaban J connectivity index is 2.05. The van der Waals surface area contributed by atoms with Gasteiger partial charge in [0.2, 0.25) is 0 Å². The number of nitrogens with one attached hydrogen (secondary N) is 1. The highest BCUT2D eigenvalue weighted by Crippen LogP contribution is 2.35. The topological polar surface area (TPSA) is 37.8 Å². The molecule has 0 aliphatic carbocycles. The van der Waals surface area contributed by atoms with Gasteiger partial charge in [-0.15, -0.1) is 10.2 Å². The molecule has 0 bridgehead atoms. The Kier molecular flexibility index (Phi) is 4.61. The smallest absolute Gasteiger partial charge is 0.134 e. The summed E-state index contributed by atoms with van der Waals surface area (Å²) in [6, 6.07) is 0.394. The molecule has 2 heterocycles. The van der Waals surface area contributed by atoms with Crippen LogP contribution in [-0.4, -0.2) is 28.2 Å². The maximum atomic E-state index is 4.36. The van der Waals surface area contributed by atoms with Crippen LogP contribution in [0.5, 0.6) is 0 Å². The van der Waals surface area contributed by atoms with Gasteiger partial charge in [-0.3, -0.25) is 0 Å². The van der Waals surface area contributed by atoms with Crippen LogP contribution in [-0.2, 0) is 0 Å². The first-order valence-corrected chi connectivity index (χ1v) is 7.96. The van der Waals surface area contributed by atoms with Gasteiger partial charge in [-0.2, -0.15) is 11.8 Å². The molecule has 1 N–H and O–H groups in total. The fourth-order valence-electron chi connectivity index (χ4n) is 1.93. The zero-order valence-corrected chi connectivity index (χ0v) is 11.5. The van der Waals surface area contributed by atoms with Crippen LogP contribution in [0.4, 0.5) is 0 Å². The van der Waals surface area contributed by atoms with Gasteiger partial charge >= 0.3 is 0 Å². The molecule has 1 saturated heterocycles. The Morgan fingerprint density at radius 1 is 1.44 bits per heavy atom. The van der Waals surface area contributed by atoms with Crippen molar-refractivity contribution in [3.8, 4) is 0 Å². The van der Waals surface area contributed by atoms with Crippen molar-refractivity contribution in [2.75, 3.05) is 18.1 Å². The van der Waals surface area contributed by atoms with Crippen molar-refractivity contribution in [1.82, 2.24) is 15.5 Å². The summed E-state index contributed by atoms with van der Waals surface area (Å²) in [4.78, 5) is 0. The first-order valence-electron chi connectivity index (χ1n) is 5.99. The largest absolute Gasteiger partial charge is 0.308 e. The minimum Gasteiger partial charge on any atom is -0.308 e. The van der Waals surface area contributed by atoms with Crippen LogP contribution in [0.2, 0.25) is 0 Å². The van der Waals surface area contributed by atoms with E-state index in [-0.39, 0.29) is 0 Å². The van der Waals surface area contributed by atoms with Gasteiger partial charge < -0.3 is 5.32 Å². The quantitative estimate of drug-likeness (QED) is 0.880. The third kappa shape index (κ3) is 2.76. The van der Waals surface area contributed by atoms with E-state index >= 15 is 0 Å².